The first-order chi connectivity index (χ1) is 8.29. The van der Waals surface area contributed by atoms with Gasteiger partial charge in [-0.05, 0) is 45.8 Å². The molecule has 2 fully saturated rings. The Morgan fingerprint density at radius 3 is 2.82 bits per heavy atom. The van der Waals surface area contributed by atoms with Crippen LogP contribution >= 0.6 is 0 Å². The van der Waals surface area contributed by atoms with E-state index in [4.69, 9.17) is 0 Å². The summed E-state index contributed by atoms with van der Waals surface area (Å²) in [5.41, 5.74) is 0. The predicted molar refractivity (Wildman–Crippen MR) is 73.4 cm³/mol. The quantitative estimate of drug-likeness (QED) is 0.803. The molecule has 0 aromatic rings. The van der Waals surface area contributed by atoms with E-state index in [-0.39, 0.29) is 0 Å². The van der Waals surface area contributed by atoms with Crippen molar-refractivity contribution in [3.8, 4) is 0 Å². The van der Waals surface area contributed by atoms with Crippen LogP contribution in [0.4, 0.5) is 0 Å². The molecule has 0 aromatic carbocycles. The van der Waals surface area contributed by atoms with E-state index in [0.29, 0.717) is 0 Å². The van der Waals surface area contributed by atoms with Gasteiger partial charge >= 0.3 is 0 Å². The normalized spacial score (nSPS) is 32.8. The first-order valence-corrected chi connectivity index (χ1v) is 7.45. The van der Waals surface area contributed by atoms with Crippen LogP contribution in [0.1, 0.15) is 39.0 Å². The fourth-order valence-corrected chi connectivity index (χ4v) is 3.16. The summed E-state index contributed by atoms with van der Waals surface area (Å²) in [6.45, 7) is 8.64. The smallest absolute Gasteiger partial charge is 0.0218 e. The molecule has 0 spiro atoms. The minimum Gasteiger partial charge on any atom is -0.314 e. The van der Waals surface area contributed by atoms with Gasteiger partial charge in [0.15, 0.2) is 0 Å². The monoisotopic (exact) mass is 239 g/mol. The maximum Gasteiger partial charge on any atom is 0.0218 e. The van der Waals surface area contributed by atoms with Crippen LogP contribution in [0.3, 0.4) is 0 Å². The molecule has 2 atom stereocenters. The molecular formula is C14H29N3. The Morgan fingerprint density at radius 2 is 2.12 bits per heavy atom. The number of piperazine rings is 1. The van der Waals surface area contributed by atoms with Crippen molar-refractivity contribution < 1.29 is 0 Å². The van der Waals surface area contributed by atoms with Crippen molar-refractivity contribution in [3.63, 3.8) is 0 Å². The molecule has 1 N–H and O–H groups in total. The number of likely N-dealkylation sites (N-methyl/N-ethyl adjacent to an activating group) is 1. The Kier molecular flexibility index (Phi) is 5.26. The highest BCUT2D eigenvalue weighted by Crippen LogP contribution is 2.14. The third-order valence-electron chi connectivity index (χ3n) is 4.54. The van der Waals surface area contributed by atoms with Crippen LogP contribution in [0.5, 0.6) is 0 Å². The number of hydrogen-bond donors (Lipinski definition) is 1. The van der Waals surface area contributed by atoms with E-state index in [1.54, 1.807) is 0 Å². The van der Waals surface area contributed by atoms with Crippen LogP contribution < -0.4 is 5.32 Å². The molecule has 2 aliphatic rings. The molecule has 0 saturated carbocycles. The maximum absolute atomic E-state index is 3.66. The van der Waals surface area contributed by atoms with Gasteiger partial charge in [-0.1, -0.05) is 13.3 Å². The third-order valence-corrected chi connectivity index (χ3v) is 4.54. The first kappa shape index (κ1) is 13.3. The summed E-state index contributed by atoms with van der Waals surface area (Å²) in [6.07, 6.45) is 6.83. The summed E-state index contributed by atoms with van der Waals surface area (Å²) in [4.78, 5) is 5.19. The standard InChI is InChI=1S/C14H29N3/c1-3-14-12-17(11-10-16(14)2)9-7-13-6-4-5-8-15-13/h13-15H,3-12H2,1-2H3. The van der Waals surface area contributed by atoms with Crippen molar-refractivity contribution in [1.29, 1.82) is 0 Å². The third kappa shape index (κ3) is 3.94. The molecule has 17 heavy (non-hydrogen) atoms. The molecule has 0 aromatic heterocycles. The number of nitrogens with one attached hydrogen (secondary N) is 1. The Morgan fingerprint density at radius 1 is 1.24 bits per heavy atom. The molecule has 0 radical (unpaired) electrons. The lowest BCUT2D eigenvalue weighted by molar-refractivity contribution is 0.0893. The second kappa shape index (κ2) is 6.72. The summed E-state index contributed by atoms with van der Waals surface area (Å²) in [5.74, 6) is 0. The van der Waals surface area contributed by atoms with Crippen LogP contribution in [0.15, 0.2) is 0 Å². The van der Waals surface area contributed by atoms with Crippen LogP contribution in [0, 0.1) is 0 Å². The van der Waals surface area contributed by atoms with Gasteiger partial charge in [0.1, 0.15) is 0 Å². The molecule has 3 nitrogen and oxygen atoms in total. The molecule has 0 bridgehead atoms. The molecule has 2 heterocycles. The highest BCUT2D eigenvalue weighted by atomic mass is 15.3. The van der Waals surface area contributed by atoms with E-state index in [1.165, 1.54) is 64.8 Å². The Balaban J connectivity index is 1.68. The van der Waals surface area contributed by atoms with Gasteiger partial charge in [-0.2, -0.15) is 0 Å². The molecule has 2 aliphatic heterocycles. The Bertz CT molecular complexity index is 214. The Hall–Kier alpha value is -0.120. The minimum absolute atomic E-state index is 0.781. The summed E-state index contributed by atoms with van der Waals surface area (Å²) in [5, 5.41) is 3.66. The first-order valence-electron chi connectivity index (χ1n) is 7.45. The zero-order valence-corrected chi connectivity index (χ0v) is 11.6. The molecule has 3 heteroatoms. The van der Waals surface area contributed by atoms with Crippen LogP contribution in [-0.2, 0) is 0 Å². The zero-order chi connectivity index (χ0) is 12.1. The molecule has 2 unspecified atom stereocenters. The summed E-state index contributed by atoms with van der Waals surface area (Å²) >= 11 is 0. The van der Waals surface area contributed by atoms with Gasteiger partial charge in [-0.25, -0.2) is 0 Å². The van der Waals surface area contributed by atoms with Gasteiger partial charge in [0.25, 0.3) is 0 Å². The molecular weight excluding hydrogens is 210 g/mol. The molecule has 0 amide bonds. The molecule has 0 aliphatic carbocycles. The zero-order valence-electron chi connectivity index (χ0n) is 11.6. The van der Waals surface area contributed by atoms with Gasteiger partial charge < -0.3 is 15.1 Å². The Labute approximate surface area is 107 Å². The lowest BCUT2D eigenvalue weighted by Crippen LogP contribution is -2.52. The number of rotatable bonds is 4. The fourth-order valence-electron chi connectivity index (χ4n) is 3.16. The van der Waals surface area contributed by atoms with Gasteiger partial charge in [0, 0.05) is 31.7 Å². The van der Waals surface area contributed by atoms with E-state index in [2.05, 4.69) is 29.1 Å². The van der Waals surface area contributed by atoms with Crippen molar-refractivity contribution >= 4 is 0 Å². The SMILES string of the molecule is CCC1CN(CCC2CCCCN2)CCN1C. The van der Waals surface area contributed by atoms with Crippen molar-refractivity contribution in [2.24, 2.45) is 0 Å². The van der Waals surface area contributed by atoms with E-state index < -0.39 is 0 Å². The number of hydrogen-bond acceptors (Lipinski definition) is 3. The van der Waals surface area contributed by atoms with Gasteiger partial charge in [-0.3, -0.25) is 0 Å². The van der Waals surface area contributed by atoms with Crippen molar-refractivity contribution in [2.75, 3.05) is 39.8 Å². The van der Waals surface area contributed by atoms with Crippen molar-refractivity contribution in [2.45, 2.75) is 51.1 Å². The van der Waals surface area contributed by atoms with E-state index in [9.17, 15) is 0 Å². The molecule has 2 rings (SSSR count). The topological polar surface area (TPSA) is 18.5 Å². The van der Waals surface area contributed by atoms with Crippen molar-refractivity contribution in [1.82, 2.24) is 15.1 Å². The highest BCUT2D eigenvalue weighted by Gasteiger charge is 2.23. The van der Waals surface area contributed by atoms with Gasteiger partial charge in [0.2, 0.25) is 0 Å². The largest absolute Gasteiger partial charge is 0.314 e. The molecule has 2 saturated heterocycles. The predicted octanol–water partition coefficient (Wildman–Crippen LogP) is 1.54. The fraction of sp³-hybridized carbons (Fsp3) is 1.00. The maximum atomic E-state index is 3.66. The molecule has 100 valence electrons. The van der Waals surface area contributed by atoms with Crippen LogP contribution in [-0.4, -0.2) is 61.7 Å². The second-order valence-corrected chi connectivity index (χ2v) is 5.78. The number of piperidine rings is 1. The van der Waals surface area contributed by atoms with E-state index in [1.807, 2.05) is 0 Å². The summed E-state index contributed by atoms with van der Waals surface area (Å²) in [7, 11) is 2.27. The van der Waals surface area contributed by atoms with Gasteiger partial charge in [0.05, 0.1) is 0 Å². The number of nitrogens with zero attached hydrogens (tertiary/aromatic N) is 2. The second-order valence-electron chi connectivity index (χ2n) is 5.78. The minimum atomic E-state index is 0.781. The summed E-state index contributed by atoms with van der Waals surface area (Å²) < 4.78 is 0. The highest BCUT2D eigenvalue weighted by molar-refractivity contribution is 4.81. The summed E-state index contributed by atoms with van der Waals surface area (Å²) in [6, 6.07) is 1.58. The average molecular weight is 239 g/mol. The average Bonchev–Trinajstić information content (AvgIpc) is 2.39. The van der Waals surface area contributed by atoms with Crippen LogP contribution in [0.2, 0.25) is 0 Å². The van der Waals surface area contributed by atoms with Gasteiger partial charge in [-0.15, -0.1) is 0 Å². The lowest BCUT2D eigenvalue weighted by Gasteiger charge is -2.39. The lowest BCUT2D eigenvalue weighted by atomic mass is 10.0. The van der Waals surface area contributed by atoms with Crippen LogP contribution in [0.25, 0.3) is 0 Å². The van der Waals surface area contributed by atoms with E-state index in [0.717, 1.165) is 12.1 Å². The van der Waals surface area contributed by atoms with E-state index >= 15 is 0 Å². The van der Waals surface area contributed by atoms with Crippen molar-refractivity contribution in [3.05, 3.63) is 0 Å².